The lowest BCUT2D eigenvalue weighted by molar-refractivity contribution is -0.671. The largest absolute Gasteiger partial charge is 0.493 e. The van der Waals surface area contributed by atoms with Gasteiger partial charge in [0.15, 0.2) is 11.5 Å². The van der Waals surface area contributed by atoms with E-state index in [1.54, 1.807) is 19.2 Å². The minimum atomic E-state index is -0.259. The number of hydrogen-bond acceptors (Lipinski definition) is 3. The average Bonchev–Trinajstić information content (AvgIpc) is 2.55. The van der Waals surface area contributed by atoms with Gasteiger partial charge in [-0.05, 0) is 35.9 Å². The second kappa shape index (κ2) is 8.36. The zero-order chi connectivity index (χ0) is 15.8. The number of halogens is 1. The maximum atomic E-state index is 12.9. The van der Waals surface area contributed by atoms with Crippen molar-refractivity contribution in [1.29, 1.82) is 0 Å². The average molecular weight is 306 g/mol. The normalized spacial score (nSPS) is 10.5. The Kier molecular flexibility index (Phi) is 6.18. The Morgan fingerprint density at radius 2 is 1.77 bits per heavy atom. The Morgan fingerprint density at radius 1 is 1.05 bits per heavy atom. The number of rotatable bonds is 8. The van der Waals surface area contributed by atoms with Crippen LogP contribution in [-0.2, 0) is 13.2 Å². The third kappa shape index (κ3) is 4.72. The van der Waals surface area contributed by atoms with Crippen LogP contribution in [0.15, 0.2) is 42.5 Å². The molecule has 0 heterocycles. The van der Waals surface area contributed by atoms with Gasteiger partial charge in [0.1, 0.15) is 19.0 Å². The molecule has 0 atom stereocenters. The van der Waals surface area contributed by atoms with E-state index in [2.05, 4.69) is 0 Å². The molecule has 0 aliphatic rings. The van der Waals surface area contributed by atoms with Gasteiger partial charge in [0.25, 0.3) is 0 Å². The van der Waals surface area contributed by atoms with Crippen LogP contribution < -0.4 is 14.8 Å². The first-order valence-electron chi connectivity index (χ1n) is 7.19. The third-order valence-corrected chi connectivity index (χ3v) is 3.25. The number of quaternary nitrogens is 1. The Balaban J connectivity index is 1.99. The first kappa shape index (κ1) is 16.3. The van der Waals surface area contributed by atoms with Crippen molar-refractivity contribution in [3.63, 3.8) is 0 Å². The summed E-state index contributed by atoms with van der Waals surface area (Å²) < 4.78 is 23.9. The standard InChI is InChI=1S/C17H20FNO3/c1-21-17-10-14(11-19-8-9-20)4-7-16(17)22-12-13-2-5-15(18)6-3-13/h2-7,10,19-20H,8-9,11-12H2,1H3/p+1. The number of ether oxygens (including phenoxy) is 2. The molecule has 118 valence electrons. The molecule has 0 amide bonds. The van der Waals surface area contributed by atoms with Crippen molar-refractivity contribution in [3.8, 4) is 11.5 Å². The molecule has 22 heavy (non-hydrogen) atoms. The number of methoxy groups -OCH3 is 1. The Bertz CT molecular complexity index is 587. The minimum absolute atomic E-state index is 0.163. The molecule has 2 aromatic rings. The van der Waals surface area contributed by atoms with Crippen molar-refractivity contribution in [3.05, 3.63) is 59.4 Å². The molecule has 0 aliphatic carbocycles. The summed E-state index contributed by atoms with van der Waals surface area (Å²) in [5.74, 6) is 1.06. The van der Waals surface area contributed by atoms with E-state index in [1.165, 1.54) is 12.1 Å². The molecule has 2 aromatic carbocycles. The van der Waals surface area contributed by atoms with E-state index in [1.807, 2.05) is 23.5 Å². The lowest BCUT2D eigenvalue weighted by Gasteiger charge is -2.12. The van der Waals surface area contributed by atoms with Crippen molar-refractivity contribution in [2.45, 2.75) is 13.2 Å². The van der Waals surface area contributed by atoms with E-state index in [0.717, 1.165) is 17.7 Å². The van der Waals surface area contributed by atoms with Crippen LogP contribution in [0.4, 0.5) is 4.39 Å². The predicted molar refractivity (Wildman–Crippen MR) is 81.3 cm³/mol. The van der Waals surface area contributed by atoms with Crippen LogP contribution in [0.25, 0.3) is 0 Å². The molecule has 0 unspecified atom stereocenters. The van der Waals surface area contributed by atoms with Crippen LogP contribution >= 0.6 is 0 Å². The summed E-state index contributed by atoms with van der Waals surface area (Å²) in [6.07, 6.45) is 0. The van der Waals surface area contributed by atoms with E-state index < -0.39 is 0 Å². The highest BCUT2D eigenvalue weighted by Crippen LogP contribution is 2.28. The maximum Gasteiger partial charge on any atom is 0.161 e. The summed E-state index contributed by atoms with van der Waals surface area (Å²) in [7, 11) is 1.60. The van der Waals surface area contributed by atoms with Gasteiger partial charge in [-0.2, -0.15) is 0 Å². The van der Waals surface area contributed by atoms with E-state index in [0.29, 0.717) is 24.7 Å². The zero-order valence-electron chi connectivity index (χ0n) is 12.6. The van der Waals surface area contributed by atoms with Crippen LogP contribution in [0, 0.1) is 5.82 Å². The monoisotopic (exact) mass is 306 g/mol. The van der Waals surface area contributed by atoms with Gasteiger partial charge in [0.2, 0.25) is 0 Å². The van der Waals surface area contributed by atoms with Gasteiger partial charge in [0.05, 0.1) is 20.3 Å². The molecule has 0 saturated carbocycles. The fourth-order valence-electron chi connectivity index (χ4n) is 2.06. The van der Waals surface area contributed by atoms with Gasteiger partial charge in [-0.15, -0.1) is 0 Å². The highest BCUT2D eigenvalue weighted by atomic mass is 19.1. The molecule has 0 saturated heterocycles. The minimum Gasteiger partial charge on any atom is -0.493 e. The molecule has 3 N–H and O–H groups in total. The van der Waals surface area contributed by atoms with Crippen LogP contribution in [0.1, 0.15) is 11.1 Å². The van der Waals surface area contributed by atoms with Gasteiger partial charge in [0, 0.05) is 5.56 Å². The number of aliphatic hydroxyl groups excluding tert-OH is 1. The number of nitrogens with two attached hydrogens (primary N) is 1. The van der Waals surface area contributed by atoms with Gasteiger partial charge >= 0.3 is 0 Å². The molecule has 0 aliphatic heterocycles. The highest BCUT2D eigenvalue weighted by Gasteiger charge is 2.07. The van der Waals surface area contributed by atoms with Crippen molar-refractivity contribution in [1.82, 2.24) is 0 Å². The van der Waals surface area contributed by atoms with E-state index >= 15 is 0 Å². The highest BCUT2D eigenvalue weighted by molar-refractivity contribution is 5.42. The Labute approximate surface area is 129 Å². The molecular weight excluding hydrogens is 285 g/mol. The second-order valence-electron chi connectivity index (χ2n) is 4.91. The molecular formula is C17H21FNO3+. The lowest BCUT2D eigenvalue weighted by Crippen LogP contribution is -2.83. The van der Waals surface area contributed by atoms with E-state index in [4.69, 9.17) is 14.6 Å². The maximum absolute atomic E-state index is 12.9. The SMILES string of the molecule is COc1cc(C[NH2+]CCO)ccc1OCc1ccc(F)cc1. The summed E-state index contributed by atoms with van der Waals surface area (Å²) in [6.45, 7) is 1.96. The molecule has 0 aromatic heterocycles. The lowest BCUT2D eigenvalue weighted by atomic mass is 10.2. The summed E-state index contributed by atoms with van der Waals surface area (Å²) in [4.78, 5) is 0. The summed E-state index contributed by atoms with van der Waals surface area (Å²) in [5, 5.41) is 10.8. The number of hydrogen-bond donors (Lipinski definition) is 2. The van der Waals surface area contributed by atoms with Gasteiger partial charge < -0.3 is 19.9 Å². The van der Waals surface area contributed by atoms with Crippen LogP contribution in [0.3, 0.4) is 0 Å². The molecule has 4 nitrogen and oxygen atoms in total. The van der Waals surface area contributed by atoms with Crippen LogP contribution in [-0.4, -0.2) is 25.4 Å². The van der Waals surface area contributed by atoms with Crippen molar-refractivity contribution < 1.29 is 24.3 Å². The fraction of sp³-hybridized carbons (Fsp3) is 0.294. The summed E-state index contributed by atoms with van der Waals surface area (Å²) in [5.41, 5.74) is 1.99. The smallest absolute Gasteiger partial charge is 0.161 e. The Morgan fingerprint density at radius 3 is 2.45 bits per heavy atom. The molecule has 0 spiro atoms. The predicted octanol–water partition coefficient (Wildman–Crippen LogP) is 1.47. The van der Waals surface area contributed by atoms with E-state index in [-0.39, 0.29) is 12.4 Å². The molecule has 5 heteroatoms. The topological polar surface area (TPSA) is 55.3 Å². The van der Waals surface area contributed by atoms with Crippen molar-refractivity contribution >= 4 is 0 Å². The molecule has 2 rings (SSSR count). The summed E-state index contributed by atoms with van der Waals surface area (Å²) >= 11 is 0. The first-order chi connectivity index (χ1) is 10.7. The van der Waals surface area contributed by atoms with Crippen LogP contribution in [0.5, 0.6) is 11.5 Å². The number of aliphatic hydroxyl groups is 1. The first-order valence-corrected chi connectivity index (χ1v) is 7.19. The molecule has 0 bridgehead atoms. The van der Waals surface area contributed by atoms with Gasteiger partial charge in [-0.1, -0.05) is 12.1 Å². The fourth-order valence-corrected chi connectivity index (χ4v) is 2.06. The molecule has 0 fully saturated rings. The van der Waals surface area contributed by atoms with Crippen molar-refractivity contribution in [2.24, 2.45) is 0 Å². The van der Waals surface area contributed by atoms with Crippen molar-refractivity contribution in [2.75, 3.05) is 20.3 Å². The summed E-state index contributed by atoms with van der Waals surface area (Å²) in [6, 6.07) is 12.0. The number of benzene rings is 2. The van der Waals surface area contributed by atoms with E-state index in [9.17, 15) is 4.39 Å². The Hall–Kier alpha value is -2.11. The zero-order valence-corrected chi connectivity index (χ0v) is 12.6. The van der Waals surface area contributed by atoms with Gasteiger partial charge in [-0.3, -0.25) is 0 Å². The van der Waals surface area contributed by atoms with Crippen LogP contribution in [0.2, 0.25) is 0 Å². The quantitative estimate of drug-likeness (QED) is 0.726. The molecule has 0 radical (unpaired) electrons. The third-order valence-electron chi connectivity index (χ3n) is 3.25. The van der Waals surface area contributed by atoms with Gasteiger partial charge in [-0.25, -0.2) is 4.39 Å². The second-order valence-corrected chi connectivity index (χ2v) is 4.91.